The van der Waals surface area contributed by atoms with Gasteiger partial charge in [0.05, 0.1) is 6.54 Å². The molecule has 0 radical (unpaired) electrons. The molecular formula is C24H25N3O3. The van der Waals surface area contributed by atoms with Gasteiger partial charge in [0, 0.05) is 24.9 Å². The predicted octanol–water partition coefficient (Wildman–Crippen LogP) is 2.77. The molecule has 4 rings (SSSR count). The van der Waals surface area contributed by atoms with Gasteiger partial charge in [-0.15, -0.1) is 0 Å². The van der Waals surface area contributed by atoms with Crippen molar-refractivity contribution in [1.82, 2.24) is 15.1 Å². The van der Waals surface area contributed by atoms with Crippen molar-refractivity contribution < 1.29 is 14.4 Å². The summed E-state index contributed by atoms with van der Waals surface area (Å²) in [4.78, 5) is 40.3. The molecule has 0 saturated carbocycles. The van der Waals surface area contributed by atoms with Crippen LogP contribution in [-0.2, 0) is 14.4 Å². The summed E-state index contributed by atoms with van der Waals surface area (Å²) in [6.07, 6.45) is 8.17. The second-order valence-electron chi connectivity index (χ2n) is 7.78. The largest absolute Gasteiger partial charge is 0.357 e. The molecular weight excluding hydrogens is 378 g/mol. The van der Waals surface area contributed by atoms with Gasteiger partial charge in [0.2, 0.25) is 5.91 Å². The molecule has 0 aromatic heterocycles. The van der Waals surface area contributed by atoms with Crippen LogP contribution in [0.1, 0.15) is 31.7 Å². The molecule has 0 saturated heterocycles. The summed E-state index contributed by atoms with van der Waals surface area (Å²) in [5, 5.41) is 2.96. The number of nitrogens with one attached hydrogen (secondary N) is 1. The van der Waals surface area contributed by atoms with E-state index in [1.54, 1.807) is 4.90 Å². The molecule has 1 aliphatic carbocycles. The van der Waals surface area contributed by atoms with Gasteiger partial charge in [0.15, 0.2) is 0 Å². The maximum absolute atomic E-state index is 12.7. The van der Waals surface area contributed by atoms with Gasteiger partial charge in [-0.2, -0.15) is 0 Å². The summed E-state index contributed by atoms with van der Waals surface area (Å²) in [6, 6.07) is 10.2. The van der Waals surface area contributed by atoms with Crippen molar-refractivity contribution in [2.24, 2.45) is 0 Å². The Kier molecular flexibility index (Phi) is 5.40. The topological polar surface area (TPSA) is 69.7 Å². The maximum Gasteiger partial charge on any atom is 0.277 e. The first kappa shape index (κ1) is 19.9. The SMILES string of the molecule is CC1=CC(NC(=O)CN2CCCC3=C2C(=O)N(C)C3=O)=CCC=C1c1ccccc1. The fraction of sp³-hybridized carbons (Fsp3) is 0.292. The van der Waals surface area contributed by atoms with Gasteiger partial charge >= 0.3 is 0 Å². The van der Waals surface area contributed by atoms with Crippen LogP contribution in [0.25, 0.3) is 5.57 Å². The minimum absolute atomic E-state index is 0.0505. The summed E-state index contributed by atoms with van der Waals surface area (Å²) in [6.45, 7) is 2.67. The summed E-state index contributed by atoms with van der Waals surface area (Å²) < 4.78 is 0. The van der Waals surface area contributed by atoms with Crippen LogP contribution in [0.5, 0.6) is 0 Å². The van der Waals surface area contributed by atoms with E-state index in [2.05, 4.69) is 23.5 Å². The summed E-state index contributed by atoms with van der Waals surface area (Å²) in [5.41, 5.74) is 5.04. The van der Waals surface area contributed by atoms with E-state index in [-0.39, 0.29) is 24.3 Å². The van der Waals surface area contributed by atoms with E-state index in [1.165, 1.54) is 7.05 Å². The summed E-state index contributed by atoms with van der Waals surface area (Å²) in [5.74, 6) is -0.759. The van der Waals surface area contributed by atoms with Crippen LogP contribution in [-0.4, -0.2) is 47.7 Å². The zero-order valence-corrected chi connectivity index (χ0v) is 17.3. The molecule has 6 heteroatoms. The second-order valence-corrected chi connectivity index (χ2v) is 7.78. The predicted molar refractivity (Wildman–Crippen MR) is 115 cm³/mol. The number of hydrogen-bond acceptors (Lipinski definition) is 4. The molecule has 154 valence electrons. The van der Waals surface area contributed by atoms with E-state index in [0.717, 1.165) is 33.7 Å². The fourth-order valence-corrected chi connectivity index (χ4v) is 4.21. The lowest BCUT2D eigenvalue weighted by molar-refractivity contribution is -0.136. The summed E-state index contributed by atoms with van der Waals surface area (Å²) in [7, 11) is 1.49. The average molecular weight is 403 g/mol. The number of nitrogens with zero attached hydrogens (tertiary/aromatic N) is 2. The quantitative estimate of drug-likeness (QED) is 0.785. The standard InChI is InChI=1S/C24H25N3O3/c1-16-14-18(10-6-11-19(16)17-8-4-3-5-9-17)25-21(28)15-27-13-7-12-20-22(27)24(30)26(2)23(20)29/h3-5,8-11,14H,6-7,12-13,15H2,1-2H3,(H,25,28). The minimum Gasteiger partial charge on any atom is -0.357 e. The smallest absolute Gasteiger partial charge is 0.277 e. The van der Waals surface area contributed by atoms with E-state index in [4.69, 9.17) is 0 Å². The van der Waals surface area contributed by atoms with Gasteiger partial charge in [-0.1, -0.05) is 42.5 Å². The highest BCUT2D eigenvalue weighted by Crippen LogP contribution is 2.30. The Morgan fingerprint density at radius 3 is 2.63 bits per heavy atom. The van der Waals surface area contributed by atoms with Gasteiger partial charge in [-0.25, -0.2) is 0 Å². The molecule has 3 aliphatic rings. The number of rotatable bonds is 4. The molecule has 2 aliphatic heterocycles. The molecule has 3 amide bonds. The first-order valence-corrected chi connectivity index (χ1v) is 10.2. The molecule has 2 heterocycles. The van der Waals surface area contributed by atoms with Crippen molar-refractivity contribution in [3.63, 3.8) is 0 Å². The van der Waals surface area contributed by atoms with Crippen LogP contribution in [0.2, 0.25) is 0 Å². The fourth-order valence-electron chi connectivity index (χ4n) is 4.21. The number of likely N-dealkylation sites (N-methyl/N-ethyl adjacent to an activating group) is 1. The molecule has 0 fully saturated rings. The molecule has 6 nitrogen and oxygen atoms in total. The Balaban J connectivity index is 1.45. The Labute approximate surface area is 176 Å². The van der Waals surface area contributed by atoms with E-state index >= 15 is 0 Å². The van der Waals surface area contributed by atoms with E-state index in [9.17, 15) is 14.4 Å². The van der Waals surface area contributed by atoms with Crippen LogP contribution in [0.4, 0.5) is 0 Å². The summed E-state index contributed by atoms with van der Waals surface area (Å²) >= 11 is 0. The Hall–Kier alpha value is -3.41. The molecule has 1 N–H and O–H groups in total. The second kappa shape index (κ2) is 8.14. The van der Waals surface area contributed by atoms with Crippen molar-refractivity contribution in [2.45, 2.75) is 26.2 Å². The van der Waals surface area contributed by atoms with Crippen LogP contribution in [0.15, 0.2) is 71.1 Å². The number of imide groups is 1. The van der Waals surface area contributed by atoms with Crippen LogP contribution >= 0.6 is 0 Å². The van der Waals surface area contributed by atoms with Gasteiger partial charge < -0.3 is 10.2 Å². The number of amides is 3. The molecule has 1 aromatic carbocycles. The van der Waals surface area contributed by atoms with Crippen molar-refractivity contribution >= 4 is 23.3 Å². The normalized spacial score (nSPS) is 19.2. The lowest BCUT2D eigenvalue weighted by Gasteiger charge is -2.28. The van der Waals surface area contributed by atoms with Crippen LogP contribution in [0.3, 0.4) is 0 Å². The zero-order chi connectivity index (χ0) is 21.3. The van der Waals surface area contributed by atoms with Gasteiger partial charge in [0.25, 0.3) is 11.8 Å². The molecule has 0 unspecified atom stereocenters. The number of benzene rings is 1. The molecule has 0 atom stereocenters. The maximum atomic E-state index is 12.7. The molecule has 0 bridgehead atoms. The number of carbonyl (C=O) groups excluding carboxylic acids is 3. The van der Waals surface area contributed by atoms with E-state index in [0.29, 0.717) is 30.7 Å². The average Bonchev–Trinajstić information content (AvgIpc) is 2.86. The van der Waals surface area contributed by atoms with Crippen LogP contribution < -0.4 is 5.32 Å². The minimum atomic E-state index is -0.316. The Morgan fingerprint density at radius 2 is 1.87 bits per heavy atom. The van der Waals surface area contributed by atoms with Crippen molar-refractivity contribution in [2.75, 3.05) is 20.1 Å². The third-order valence-corrected chi connectivity index (χ3v) is 5.69. The first-order valence-electron chi connectivity index (χ1n) is 10.2. The van der Waals surface area contributed by atoms with Crippen molar-refractivity contribution in [3.05, 3.63) is 76.7 Å². The van der Waals surface area contributed by atoms with E-state index < -0.39 is 0 Å². The zero-order valence-electron chi connectivity index (χ0n) is 17.3. The number of hydrogen-bond donors (Lipinski definition) is 1. The lowest BCUT2D eigenvalue weighted by atomic mass is 9.98. The number of carbonyl (C=O) groups is 3. The molecule has 30 heavy (non-hydrogen) atoms. The van der Waals surface area contributed by atoms with Crippen molar-refractivity contribution in [3.8, 4) is 0 Å². The van der Waals surface area contributed by atoms with Gasteiger partial charge in [-0.05, 0) is 49.0 Å². The highest BCUT2D eigenvalue weighted by atomic mass is 16.2. The highest BCUT2D eigenvalue weighted by molar-refractivity contribution is 6.19. The third-order valence-electron chi connectivity index (χ3n) is 5.69. The monoisotopic (exact) mass is 403 g/mol. The van der Waals surface area contributed by atoms with E-state index in [1.807, 2.05) is 37.3 Å². The third kappa shape index (κ3) is 3.73. The Morgan fingerprint density at radius 1 is 1.10 bits per heavy atom. The Bertz CT molecular complexity index is 1030. The number of allylic oxidation sites excluding steroid dienone is 5. The molecule has 0 spiro atoms. The van der Waals surface area contributed by atoms with Gasteiger partial charge in [-0.3, -0.25) is 19.3 Å². The van der Waals surface area contributed by atoms with Crippen molar-refractivity contribution in [1.29, 1.82) is 0 Å². The van der Waals surface area contributed by atoms with Gasteiger partial charge in [0.1, 0.15) is 5.70 Å². The first-order chi connectivity index (χ1) is 14.5. The molecule has 1 aromatic rings. The highest BCUT2D eigenvalue weighted by Gasteiger charge is 2.40. The lowest BCUT2D eigenvalue weighted by Crippen LogP contribution is -2.40. The van der Waals surface area contributed by atoms with Crippen LogP contribution in [0, 0.1) is 0 Å².